The zero-order chi connectivity index (χ0) is 12.6. The molecule has 1 saturated carbocycles. The van der Waals surface area contributed by atoms with E-state index in [1.54, 1.807) is 13.8 Å². The Kier molecular flexibility index (Phi) is 4.30. The number of hydrogen-bond donors (Lipinski definition) is 1. The summed E-state index contributed by atoms with van der Waals surface area (Å²) in [5.41, 5.74) is 0.0726. The first-order valence-electron chi connectivity index (χ1n) is 5.77. The van der Waals surface area contributed by atoms with Crippen molar-refractivity contribution in [3.8, 4) is 0 Å². The van der Waals surface area contributed by atoms with Crippen LogP contribution in [0.1, 0.15) is 34.1 Å². The fourth-order valence-electron chi connectivity index (χ4n) is 1.83. The molecule has 1 aliphatic rings. The summed E-state index contributed by atoms with van der Waals surface area (Å²) in [6.45, 7) is 8.19. The molecular formula is C11H22ClNO2S. The van der Waals surface area contributed by atoms with E-state index in [2.05, 4.69) is 19.2 Å². The molecule has 0 saturated heterocycles. The van der Waals surface area contributed by atoms with Crippen molar-refractivity contribution >= 4 is 21.4 Å². The van der Waals surface area contributed by atoms with Crippen LogP contribution in [0.5, 0.6) is 0 Å². The maximum atomic E-state index is 11.6. The summed E-state index contributed by atoms with van der Waals surface area (Å²) in [7, 11) is -2.92. The van der Waals surface area contributed by atoms with Gasteiger partial charge in [0.15, 0.2) is 9.84 Å². The summed E-state index contributed by atoms with van der Waals surface area (Å²) in [5, 5.41) is 3.20. The molecule has 0 aromatic rings. The highest BCUT2D eigenvalue weighted by Crippen LogP contribution is 2.44. The second-order valence-corrected chi connectivity index (χ2v) is 8.65. The van der Waals surface area contributed by atoms with E-state index in [9.17, 15) is 8.42 Å². The Bertz CT molecular complexity index is 338. The van der Waals surface area contributed by atoms with E-state index >= 15 is 0 Å². The summed E-state index contributed by atoms with van der Waals surface area (Å²) in [6.07, 6.45) is 0.927. The average Bonchev–Trinajstić information content (AvgIpc) is 2.16. The lowest BCUT2D eigenvalue weighted by Gasteiger charge is -2.49. The minimum absolute atomic E-state index is 0.0726. The van der Waals surface area contributed by atoms with Crippen molar-refractivity contribution in [1.82, 2.24) is 5.32 Å². The van der Waals surface area contributed by atoms with Crippen LogP contribution in [-0.2, 0) is 9.84 Å². The van der Waals surface area contributed by atoms with E-state index in [0.717, 1.165) is 6.42 Å². The van der Waals surface area contributed by atoms with E-state index in [-0.39, 0.29) is 21.8 Å². The molecule has 0 aromatic heterocycles. The monoisotopic (exact) mass is 267 g/mol. The summed E-state index contributed by atoms with van der Waals surface area (Å²) in [5.74, 6) is 0.212. The van der Waals surface area contributed by atoms with Gasteiger partial charge in [-0.05, 0) is 25.7 Å². The van der Waals surface area contributed by atoms with E-state index in [0.29, 0.717) is 12.6 Å². The van der Waals surface area contributed by atoms with Gasteiger partial charge in [-0.2, -0.15) is 0 Å². The average molecular weight is 268 g/mol. The van der Waals surface area contributed by atoms with E-state index in [1.807, 2.05) is 0 Å². The van der Waals surface area contributed by atoms with Crippen molar-refractivity contribution in [3.05, 3.63) is 0 Å². The van der Waals surface area contributed by atoms with Crippen LogP contribution in [0.4, 0.5) is 0 Å². The molecule has 0 amide bonds. The Morgan fingerprint density at radius 3 is 2.38 bits per heavy atom. The quantitative estimate of drug-likeness (QED) is 0.773. The molecule has 5 heteroatoms. The van der Waals surface area contributed by atoms with Crippen molar-refractivity contribution in [3.63, 3.8) is 0 Å². The first-order chi connectivity index (χ1) is 7.18. The fraction of sp³-hybridized carbons (Fsp3) is 1.00. The Balaban J connectivity index is 2.33. The predicted octanol–water partition coefficient (Wildman–Crippen LogP) is 1.81. The molecule has 1 aliphatic carbocycles. The SMILES string of the molecule is CC(C)S(=O)(=O)CCNC1CC(Cl)C1(C)C. The third kappa shape index (κ3) is 2.90. The molecule has 2 atom stereocenters. The third-order valence-corrected chi connectivity index (χ3v) is 6.59. The molecule has 0 aliphatic heterocycles. The van der Waals surface area contributed by atoms with E-state index in [1.165, 1.54) is 0 Å². The minimum atomic E-state index is -2.92. The smallest absolute Gasteiger partial charge is 0.153 e. The highest BCUT2D eigenvalue weighted by molar-refractivity contribution is 7.92. The summed E-state index contributed by atoms with van der Waals surface area (Å²) in [4.78, 5) is 0. The summed E-state index contributed by atoms with van der Waals surface area (Å²) < 4.78 is 23.2. The van der Waals surface area contributed by atoms with Crippen molar-refractivity contribution < 1.29 is 8.42 Å². The molecule has 1 fully saturated rings. The molecule has 0 aromatic carbocycles. The molecule has 0 spiro atoms. The van der Waals surface area contributed by atoms with Crippen LogP contribution in [0.2, 0.25) is 0 Å². The van der Waals surface area contributed by atoms with Crippen molar-refractivity contribution in [2.45, 2.75) is 50.8 Å². The largest absolute Gasteiger partial charge is 0.312 e. The summed E-state index contributed by atoms with van der Waals surface area (Å²) in [6, 6.07) is 0.345. The van der Waals surface area contributed by atoms with Crippen LogP contribution in [0.15, 0.2) is 0 Å². The Morgan fingerprint density at radius 1 is 1.44 bits per heavy atom. The zero-order valence-corrected chi connectivity index (χ0v) is 12.0. The van der Waals surface area contributed by atoms with Gasteiger partial charge in [-0.3, -0.25) is 0 Å². The van der Waals surface area contributed by atoms with Gasteiger partial charge in [0.25, 0.3) is 0 Å². The molecule has 0 radical (unpaired) electrons. The van der Waals surface area contributed by atoms with Gasteiger partial charge in [-0.15, -0.1) is 11.6 Å². The van der Waals surface area contributed by atoms with Gasteiger partial charge in [0.1, 0.15) is 0 Å². The van der Waals surface area contributed by atoms with Crippen LogP contribution in [0.3, 0.4) is 0 Å². The molecule has 1 N–H and O–H groups in total. The number of sulfone groups is 1. The topological polar surface area (TPSA) is 46.2 Å². The standard InChI is InChI=1S/C11H22ClNO2S/c1-8(2)16(14,15)6-5-13-10-7-9(12)11(10,3)4/h8-10,13H,5-7H2,1-4H3. The fourth-order valence-corrected chi connectivity index (χ4v) is 3.03. The number of rotatable bonds is 5. The van der Waals surface area contributed by atoms with Crippen LogP contribution >= 0.6 is 11.6 Å². The molecule has 1 rings (SSSR count). The number of alkyl halides is 1. The predicted molar refractivity (Wildman–Crippen MR) is 68.8 cm³/mol. The Morgan fingerprint density at radius 2 is 2.00 bits per heavy atom. The molecule has 0 bridgehead atoms. The highest BCUT2D eigenvalue weighted by Gasteiger charge is 2.46. The minimum Gasteiger partial charge on any atom is -0.312 e. The van der Waals surface area contributed by atoms with E-state index in [4.69, 9.17) is 11.6 Å². The van der Waals surface area contributed by atoms with Gasteiger partial charge >= 0.3 is 0 Å². The Hall–Kier alpha value is 0.200. The molecule has 16 heavy (non-hydrogen) atoms. The number of halogens is 1. The van der Waals surface area contributed by atoms with Gasteiger partial charge in [0.2, 0.25) is 0 Å². The molecular weight excluding hydrogens is 246 g/mol. The lowest BCUT2D eigenvalue weighted by Crippen LogP contribution is -2.58. The first kappa shape index (κ1) is 14.3. The van der Waals surface area contributed by atoms with Crippen molar-refractivity contribution in [2.75, 3.05) is 12.3 Å². The highest BCUT2D eigenvalue weighted by atomic mass is 35.5. The Labute approximate surface area is 104 Å². The van der Waals surface area contributed by atoms with Crippen LogP contribution < -0.4 is 5.32 Å². The maximum absolute atomic E-state index is 11.6. The molecule has 2 unspecified atom stereocenters. The van der Waals surface area contributed by atoms with Crippen molar-refractivity contribution in [1.29, 1.82) is 0 Å². The van der Waals surface area contributed by atoms with Crippen LogP contribution in [0, 0.1) is 5.41 Å². The lowest BCUT2D eigenvalue weighted by atomic mass is 9.67. The van der Waals surface area contributed by atoms with Gasteiger partial charge in [0, 0.05) is 18.0 Å². The van der Waals surface area contributed by atoms with Gasteiger partial charge in [-0.25, -0.2) is 8.42 Å². The van der Waals surface area contributed by atoms with Crippen molar-refractivity contribution in [2.24, 2.45) is 5.41 Å². The zero-order valence-electron chi connectivity index (χ0n) is 10.5. The second kappa shape index (κ2) is 4.83. The second-order valence-electron chi connectivity index (χ2n) is 5.45. The molecule has 3 nitrogen and oxygen atoms in total. The van der Waals surface area contributed by atoms with Crippen LogP contribution in [0.25, 0.3) is 0 Å². The molecule has 96 valence electrons. The maximum Gasteiger partial charge on any atom is 0.153 e. The normalized spacial score (nSPS) is 29.1. The number of nitrogens with one attached hydrogen (secondary N) is 1. The van der Waals surface area contributed by atoms with Crippen LogP contribution in [-0.4, -0.2) is 37.4 Å². The van der Waals surface area contributed by atoms with Gasteiger partial charge in [0.05, 0.1) is 11.0 Å². The molecule has 0 heterocycles. The van der Waals surface area contributed by atoms with Gasteiger partial charge < -0.3 is 5.32 Å². The lowest BCUT2D eigenvalue weighted by molar-refractivity contribution is 0.119. The summed E-state index contributed by atoms with van der Waals surface area (Å²) >= 11 is 6.10. The van der Waals surface area contributed by atoms with E-state index < -0.39 is 9.84 Å². The number of hydrogen-bond acceptors (Lipinski definition) is 3. The third-order valence-electron chi connectivity index (χ3n) is 3.64. The van der Waals surface area contributed by atoms with Gasteiger partial charge in [-0.1, -0.05) is 13.8 Å². The first-order valence-corrected chi connectivity index (χ1v) is 7.92.